The fourth-order valence-corrected chi connectivity index (χ4v) is 7.17. The minimum atomic E-state index is -0.958. The molecule has 0 saturated carbocycles. The molecule has 0 saturated heterocycles. The maximum absolute atomic E-state index is 14.2. The van der Waals surface area contributed by atoms with Crippen molar-refractivity contribution >= 4 is 22.7 Å². The summed E-state index contributed by atoms with van der Waals surface area (Å²) in [6, 6.07) is 7.63. The summed E-state index contributed by atoms with van der Waals surface area (Å²) in [6.07, 6.45) is 0.421. The van der Waals surface area contributed by atoms with E-state index in [1.54, 1.807) is 12.1 Å². The molecule has 0 nitrogen and oxygen atoms in total. The van der Waals surface area contributed by atoms with E-state index in [0.29, 0.717) is 17.3 Å². The number of benzene rings is 2. The van der Waals surface area contributed by atoms with Crippen LogP contribution in [-0.2, 0) is 5.41 Å². The molecule has 1 aliphatic heterocycles. The van der Waals surface area contributed by atoms with E-state index in [2.05, 4.69) is 16.2 Å². The van der Waals surface area contributed by atoms with Crippen molar-refractivity contribution in [2.24, 2.45) is 0 Å². The van der Waals surface area contributed by atoms with Crippen molar-refractivity contribution in [3.05, 3.63) is 81.9 Å². The first-order valence-corrected chi connectivity index (χ1v) is 10.7. The first-order chi connectivity index (χ1) is 13.1. The lowest BCUT2D eigenvalue weighted by Gasteiger charge is -2.47. The van der Waals surface area contributed by atoms with E-state index in [9.17, 15) is 17.6 Å². The van der Waals surface area contributed by atoms with Crippen LogP contribution in [0.15, 0.2) is 47.5 Å². The van der Waals surface area contributed by atoms with Gasteiger partial charge >= 0.3 is 0 Å². The molecule has 0 spiro atoms. The molecule has 0 amide bonds. The van der Waals surface area contributed by atoms with Crippen LogP contribution in [0, 0.1) is 23.3 Å². The van der Waals surface area contributed by atoms with Crippen LogP contribution >= 0.6 is 17.4 Å². The Labute approximate surface area is 167 Å². The molecular weight excluding hydrogens is 402 g/mol. The molecule has 2 unspecified atom stereocenters. The van der Waals surface area contributed by atoms with Gasteiger partial charge in [-0.1, -0.05) is 25.9 Å². The molecule has 0 aliphatic carbocycles. The summed E-state index contributed by atoms with van der Waals surface area (Å²) in [5.74, 6) is -3.79. The second kappa shape index (κ2) is 7.39. The summed E-state index contributed by atoms with van der Waals surface area (Å²) in [5, 5.41) is 0.630. The van der Waals surface area contributed by atoms with Gasteiger partial charge in [-0.3, -0.25) is 0 Å². The Morgan fingerprint density at radius 1 is 0.857 bits per heavy atom. The molecule has 0 aromatic heterocycles. The van der Waals surface area contributed by atoms with Crippen LogP contribution in [0.3, 0.4) is 0 Å². The van der Waals surface area contributed by atoms with Crippen LogP contribution in [0.5, 0.6) is 0 Å². The average molecular weight is 424 g/mol. The van der Waals surface area contributed by atoms with E-state index < -0.39 is 33.8 Å². The van der Waals surface area contributed by atoms with E-state index in [-0.39, 0.29) is 0 Å². The van der Waals surface area contributed by atoms with E-state index >= 15 is 0 Å². The Bertz CT molecular complexity index is 958. The van der Waals surface area contributed by atoms with Crippen molar-refractivity contribution in [3.8, 4) is 0 Å². The van der Waals surface area contributed by atoms with Crippen molar-refractivity contribution in [1.29, 1.82) is 0 Å². The third kappa shape index (κ3) is 2.97. The van der Waals surface area contributed by atoms with E-state index in [1.807, 2.05) is 20.8 Å². The number of hydrogen-bond donors (Lipinski definition) is 0. The Kier molecular flexibility index (Phi) is 5.60. The predicted octanol–water partition coefficient (Wildman–Crippen LogP) is 6.65. The first-order valence-electron chi connectivity index (χ1n) is 8.94. The van der Waals surface area contributed by atoms with E-state index in [4.69, 9.17) is 0 Å². The van der Waals surface area contributed by atoms with Gasteiger partial charge in [0.1, 0.15) is 0 Å². The first kappa shape index (κ1) is 21.2. The molecule has 3 rings (SSSR count). The fourth-order valence-electron chi connectivity index (χ4n) is 4.24. The standard InChI is InChI=1S/C22H22F4P2/c1-12-13(2)21(4,28-14(12)3)22(11-27,15-5-7-17(23)19(25)9-15)16-6-8-18(24)20(26)10-16/h5-10H,11,27H2,1-4H3. The molecule has 2 atom stereocenters. The highest BCUT2D eigenvalue weighted by atomic mass is 31.1. The highest BCUT2D eigenvalue weighted by Crippen LogP contribution is 2.57. The van der Waals surface area contributed by atoms with Crippen LogP contribution in [0.4, 0.5) is 17.6 Å². The van der Waals surface area contributed by atoms with Gasteiger partial charge in [-0.2, -0.15) is 0 Å². The van der Waals surface area contributed by atoms with Crippen LogP contribution < -0.4 is 0 Å². The zero-order valence-corrected chi connectivity index (χ0v) is 18.3. The molecule has 1 aliphatic rings. The maximum atomic E-state index is 14.2. The monoisotopic (exact) mass is 424 g/mol. The molecule has 1 heterocycles. The van der Waals surface area contributed by atoms with Gasteiger partial charge in [0, 0.05) is 10.6 Å². The minimum absolute atomic E-state index is 0.421. The summed E-state index contributed by atoms with van der Waals surface area (Å²) in [4.78, 5) is 0. The van der Waals surface area contributed by atoms with Crippen LogP contribution in [0.2, 0.25) is 0 Å². The van der Waals surface area contributed by atoms with Crippen molar-refractivity contribution in [2.75, 3.05) is 6.16 Å². The normalized spacial score (nSPS) is 20.5. The molecule has 2 aromatic carbocycles. The summed E-state index contributed by atoms with van der Waals surface area (Å²) in [5.41, 5.74) is 2.42. The minimum Gasteiger partial charge on any atom is -0.204 e. The number of allylic oxidation sites excluding steroid dienone is 2. The lowest BCUT2D eigenvalue weighted by atomic mass is 9.64. The van der Waals surface area contributed by atoms with Crippen molar-refractivity contribution in [1.82, 2.24) is 0 Å². The fraction of sp³-hybridized carbons (Fsp3) is 0.318. The topological polar surface area (TPSA) is 0 Å². The lowest BCUT2D eigenvalue weighted by Crippen LogP contribution is -2.48. The Balaban J connectivity index is 2.42. The van der Waals surface area contributed by atoms with E-state index in [0.717, 1.165) is 31.5 Å². The third-order valence-corrected chi connectivity index (χ3v) is 8.64. The van der Waals surface area contributed by atoms with Gasteiger partial charge in [0.2, 0.25) is 0 Å². The molecule has 0 bridgehead atoms. The highest BCUT2D eigenvalue weighted by Gasteiger charge is 2.52. The van der Waals surface area contributed by atoms with Crippen LogP contribution in [0.25, 0.3) is 0 Å². The largest absolute Gasteiger partial charge is 0.204 e. The molecule has 0 fully saturated rings. The zero-order valence-electron chi connectivity index (χ0n) is 16.2. The number of halogens is 4. The van der Waals surface area contributed by atoms with Crippen LogP contribution in [0.1, 0.15) is 38.8 Å². The second-order valence-corrected chi connectivity index (χ2v) is 9.58. The Morgan fingerprint density at radius 3 is 1.64 bits per heavy atom. The maximum Gasteiger partial charge on any atom is 0.159 e. The van der Waals surface area contributed by atoms with Gasteiger partial charge in [-0.15, -0.1) is 9.24 Å². The summed E-state index contributed by atoms with van der Waals surface area (Å²) in [6.45, 7) is 8.15. The Hall–Kier alpha value is -1.50. The zero-order chi connectivity index (χ0) is 20.9. The van der Waals surface area contributed by atoms with Crippen molar-refractivity contribution < 1.29 is 17.6 Å². The lowest BCUT2D eigenvalue weighted by molar-refractivity contribution is 0.451. The highest BCUT2D eigenvalue weighted by molar-refractivity contribution is 7.44. The summed E-state index contributed by atoms with van der Waals surface area (Å²) >= 11 is 0. The molecule has 2 aromatic rings. The Morgan fingerprint density at radius 2 is 1.32 bits per heavy atom. The molecule has 6 heteroatoms. The van der Waals surface area contributed by atoms with Gasteiger partial charge in [0.15, 0.2) is 23.3 Å². The van der Waals surface area contributed by atoms with Gasteiger partial charge in [0.05, 0.1) is 0 Å². The van der Waals surface area contributed by atoms with Gasteiger partial charge in [-0.05, 0) is 80.1 Å². The summed E-state index contributed by atoms with van der Waals surface area (Å²) < 4.78 is 55.8. The molecular formula is C22H22F4P2. The predicted molar refractivity (Wildman–Crippen MR) is 112 cm³/mol. The number of rotatable bonds is 4. The third-order valence-electron chi connectivity index (χ3n) is 6.19. The quantitative estimate of drug-likeness (QED) is 0.381. The molecule has 0 radical (unpaired) electrons. The SMILES string of the molecule is CC1=PC(C)(C(CP)(c2ccc(F)c(F)c2)c2ccc(F)c(F)c2)C(C)=C1C. The van der Waals surface area contributed by atoms with Crippen LogP contribution in [-0.4, -0.2) is 16.6 Å². The van der Waals surface area contributed by atoms with Crippen molar-refractivity contribution in [3.63, 3.8) is 0 Å². The van der Waals surface area contributed by atoms with Gasteiger partial charge < -0.3 is 0 Å². The average Bonchev–Trinajstić information content (AvgIpc) is 2.85. The molecule has 148 valence electrons. The van der Waals surface area contributed by atoms with Crippen molar-refractivity contribution in [2.45, 2.75) is 38.3 Å². The number of hydrogen-bond acceptors (Lipinski definition) is 0. The van der Waals surface area contributed by atoms with Gasteiger partial charge in [0.25, 0.3) is 0 Å². The van der Waals surface area contributed by atoms with Gasteiger partial charge in [-0.25, -0.2) is 17.6 Å². The molecule has 0 N–H and O–H groups in total. The second-order valence-electron chi connectivity index (χ2n) is 7.39. The van der Waals surface area contributed by atoms with E-state index in [1.165, 1.54) is 17.4 Å². The summed E-state index contributed by atoms with van der Waals surface area (Å²) in [7, 11) is 3.67. The molecule has 28 heavy (non-hydrogen) atoms. The smallest absolute Gasteiger partial charge is 0.159 e.